The SMILES string of the molecule is CC(C)C1(CC(=O)O)OCCc2c1[nH]c1c(F)cc(F)c(Br)c21. The molecule has 2 N–H and O–H groups in total. The molecule has 3 rings (SSSR count). The lowest BCUT2D eigenvalue weighted by atomic mass is 9.80. The largest absolute Gasteiger partial charge is 0.481 e. The van der Waals surface area contributed by atoms with Gasteiger partial charge >= 0.3 is 5.97 Å². The summed E-state index contributed by atoms with van der Waals surface area (Å²) in [5.41, 5.74) is 0.331. The lowest BCUT2D eigenvalue weighted by Crippen LogP contribution is -2.42. The van der Waals surface area contributed by atoms with Gasteiger partial charge in [-0.15, -0.1) is 0 Å². The van der Waals surface area contributed by atoms with E-state index in [1.807, 2.05) is 13.8 Å². The summed E-state index contributed by atoms with van der Waals surface area (Å²) in [5.74, 6) is -2.55. The standard InChI is InChI=1S/C16H16BrF2NO3/c1-7(2)16(6-11(21)22)15-8(3-4-23-16)12-13(17)9(18)5-10(19)14(12)20-15/h5,7,20H,3-4,6H2,1-2H3,(H,21,22). The number of aromatic nitrogens is 1. The van der Waals surface area contributed by atoms with Gasteiger partial charge in [-0.1, -0.05) is 13.8 Å². The molecule has 0 fully saturated rings. The molecule has 1 aromatic heterocycles. The van der Waals surface area contributed by atoms with Crippen LogP contribution in [0.3, 0.4) is 0 Å². The van der Waals surface area contributed by atoms with Crippen molar-refractivity contribution in [2.45, 2.75) is 32.3 Å². The highest BCUT2D eigenvalue weighted by molar-refractivity contribution is 9.10. The van der Waals surface area contributed by atoms with Crippen molar-refractivity contribution in [1.29, 1.82) is 0 Å². The summed E-state index contributed by atoms with van der Waals surface area (Å²) in [6.07, 6.45) is 0.219. The van der Waals surface area contributed by atoms with Crippen LogP contribution >= 0.6 is 15.9 Å². The van der Waals surface area contributed by atoms with Gasteiger partial charge in [0.2, 0.25) is 0 Å². The predicted molar refractivity (Wildman–Crippen MR) is 84.3 cm³/mol. The average Bonchev–Trinajstić information content (AvgIpc) is 2.85. The molecule has 0 amide bonds. The summed E-state index contributed by atoms with van der Waals surface area (Å²) in [6, 6.07) is 0.809. The number of carbonyl (C=O) groups is 1. The zero-order chi connectivity index (χ0) is 16.9. The van der Waals surface area contributed by atoms with Crippen molar-refractivity contribution in [3.05, 3.63) is 33.4 Å². The van der Waals surface area contributed by atoms with Gasteiger partial charge in [-0.05, 0) is 33.8 Å². The Morgan fingerprint density at radius 3 is 2.78 bits per heavy atom. The van der Waals surface area contributed by atoms with Gasteiger partial charge in [0.15, 0.2) is 0 Å². The number of nitrogens with one attached hydrogen (secondary N) is 1. The number of rotatable bonds is 3. The minimum absolute atomic E-state index is 0.155. The molecule has 2 aromatic rings. The molecule has 0 saturated carbocycles. The van der Waals surface area contributed by atoms with Crippen LogP contribution in [0.1, 0.15) is 31.5 Å². The first-order chi connectivity index (χ1) is 10.8. The van der Waals surface area contributed by atoms with Crippen LogP contribution in [0.15, 0.2) is 10.5 Å². The van der Waals surface area contributed by atoms with Crippen LogP contribution in [0.2, 0.25) is 0 Å². The Labute approximate surface area is 140 Å². The van der Waals surface area contributed by atoms with Crippen molar-refractivity contribution >= 4 is 32.8 Å². The van der Waals surface area contributed by atoms with Gasteiger partial charge in [0.25, 0.3) is 0 Å². The molecule has 4 nitrogen and oxygen atoms in total. The van der Waals surface area contributed by atoms with E-state index in [1.54, 1.807) is 0 Å². The van der Waals surface area contributed by atoms with Crippen molar-refractivity contribution in [3.63, 3.8) is 0 Å². The lowest BCUT2D eigenvalue weighted by molar-refractivity contribution is -0.154. The second-order valence-electron chi connectivity index (χ2n) is 6.10. The zero-order valence-electron chi connectivity index (χ0n) is 12.7. The molecule has 1 aliphatic rings. The van der Waals surface area contributed by atoms with Crippen molar-refractivity contribution in [2.24, 2.45) is 5.92 Å². The molecule has 2 heterocycles. The summed E-state index contributed by atoms with van der Waals surface area (Å²) in [7, 11) is 0. The number of hydrogen-bond donors (Lipinski definition) is 2. The number of carboxylic acids is 1. The first-order valence-electron chi connectivity index (χ1n) is 7.32. The Balaban J connectivity index is 2.35. The third kappa shape index (κ3) is 2.37. The van der Waals surface area contributed by atoms with Gasteiger partial charge in [-0.25, -0.2) is 8.78 Å². The van der Waals surface area contributed by atoms with Crippen LogP contribution in [-0.4, -0.2) is 22.7 Å². The van der Waals surface area contributed by atoms with Gasteiger partial charge in [0, 0.05) is 11.5 Å². The van der Waals surface area contributed by atoms with E-state index >= 15 is 0 Å². The molecule has 1 atom stereocenters. The number of carboxylic acid groups (broad SMARTS) is 1. The molecule has 0 aliphatic carbocycles. The lowest BCUT2D eigenvalue weighted by Gasteiger charge is -2.39. The summed E-state index contributed by atoms with van der Waals surface area (Å²) in [4.78, 5) is 14.3. The molecule has 1 aliphatic heterocycles. The Kier molecular flexibility index (Phi) is 3.96. The molecule has 7 heteroatoms. The number of halogens is 3. The normalized spacial score (nSPS) is 21.0. The second kappa shape index (κ2) is 5.56. The van der Waals surface area contributed by atoms with Gasteiger partial charge in [-0.2, -0.15) is 0 Å². The monoisotopic (exact) mass is 387 g/mol. The highest BCUT2D eigenvalue weighted by atomic mass is 79.9. The molecule has 0 saturated heterocycles. The van der Waals surface area contributed by atoms with E-state index in [2.05, 4.69) is 20.9 Å². The Bertz CT molecular complexity index is 802. The van der Waals surface area contributed by atoms with Gasteiger partial charge < -0.3 is 14.8 Å². The molecule has 0 bridgehead atoms. The smallest absolute Gasteiger partial charge is 0.306 e. The van der Waals surface area contributed by atoms with E-state index < -0.39 is 23.2 Å². The molecular formula is C16H16BrF2NO3. The quantitative estimate of drug-likeness (QED) is 0.779. The molecule has 1 aromatic carbocycles. The average molecular weight is 388 g/mol. The van der Waals surface area contributed by atoms with E-state index in [0.717, 1.165) is 6.07 Å². The van der Waals surface area contributed by atoms with Crippen molar-refractivity contribution in [2.75, 3.05) is 6.61 Å². The van der Waals surface area contributed by atoms with E-state index in [-0.39, 0.29) is 22.3 Å². The van der Waals surface area contributed by atoms with Crippen LogP contribution in [-0.2, 0) is 21.6 Å². The van der Waals surface area contributed by atoms with Crippen molar-refractivity contribution in [3.8, 4) is 0 Å². The first-order valence-corrected chi connectivity index (χ1v) is 8.11. The van der Waals surface area contributed by atoms with E-state index in [4.69, 9.17) is 4.74 Å². The van der Waals surface area contributed by atoms with Crippen LogP contribution in [0.25, 0.3) is 10.9 Å². The van der Waals surface area contributed by atoms with Crippen LogP contribution in [0.5, 0.6) is 0 Å². The maximum absolute atomic E-state index is 14.2. The minimum Gasteiger partial charge on any atom is -0.481 e. The highest BCUT2D eigenvalue weighted by Gasteiger charge is 2.45. The number of aliphatic carboxylic acids is 1. The van der Waals surface area contributed by atoms with Crippen molar-refractivity contribution in [1.82, 2.24) is 4.98 Å². The van der Waals surface area contributed by atoms with Gasteiger partial charge in [-0.3, -0.25) is 4.79 Å². The predicted octanol–water partition coefficient (Wildman–Crippen LogP) is 4.11. The van der Waals surface area contributed by atoms with E-state index in [1.165, 1.54) is 0 Å². The molecule has 1 unspecified atom stereocenters. The number of H-pyrrole nitrogens is 1. The third-order valence-electron chi connectivity index (χ3n) is 4.51. The topological polar surface area (TPSA) is 62.3 Å². The van der Waals surface area contributed by atoms with Crippen molar-refractivity contribution < 1.29 is 23.4 Å². The fourth-order valence-electron chi connectivity index (χ4n) is 3.37. The summed E-state index contributed by atoms with van der Waals surface area (Å²) >= 11 is 3.18. The third-order valence-corrected chi connectivity index (χ3v) is 5.28. The van der Waals surface area contributed by atoms with Gasteiger partial charge in [0.1, 0.15) is 17.2 Å². The minimum atomic E-state index is -1.08. The molecular weight excluding hydrogens is 372 g/mol. The maximum Gasteiger partial charge on any atom is 0.306 e. The first kappa shape index (κ1) is 16.4. The number of ether oxygens (including phenoxy) is 1. The Morgan fingerprint density at radius 1 is 1.48 bits per heavy atom. The summed E-state index contributed by atoms with van der Waals surface area (Å²) < 4.78 is 34.1. The number of fused-ring (bicyclic) bond motifs is 3. The Hall–Kier alpha value is -1.47. The maximum atomic E-state index is 14.2. The summed E-state index contributed by atoms with van der Waals surface area (Å²) in [6.45, 7) is 4.01. The van der Waals surface area contributed by atoms with Gasteiger partial charge in [0.05, 0.1) is 28.7 Å². The van der Waals surface area contributed by atoms with Crippen LogP contribution < -0.4 is 0 Å². The van der Waals surface area contributed by atoms with Crippen LogP contribution in [0.4, 0.5) is 8.78 Å². The highest BCUT2D eigenvalue weighted by Crippen LogP contribution is 2.46. The summed E-state index contributed by atoms with van der Waals surface area (Å²) in [5, 5.41) is 9.72. The molecule has 0 spiro atoms. The fourth-order valence-corrected chi connectivity index (χ4v) is 3.92. The second-order valence-corrected chi connectivity index (χ2v) is 6.89. The zero-order valence-corrected chi connectivity index (χ0v) is 14.3. The van der Waals surface area contributed by atoms with Crippen LogP contribution in [0, 0.1) is 17.6 Å². The molecule has 124 valence electrons. The van der Waals surface area contributed by atoms with E-state index in [9.17, 15) is 18.7 Å². The Morgan fingerprint density at radius 2 is 2.17 bits per heavy atom. The number of hydrogen-bond acceptors (Lipinski definition) is 2. The molecule has 23 heavy (non-hydrogen) atoms. The molecule has 0 radical (unpaired) electrons. The van der Waals surface area contributed by atoms with E-state index in [0.29, 0.717) is 29.7 Å². The number of benzene rings is 1. The fraction of sp³-hybridized carbons (Fsp3) is 0.438. The number of aromatic amines is 1.